The van der Waals surface area contributed by atoms with Crippen molar-refractivity contribution in [1.82, 2.24) is 4.31 Å². The number of hydrogen-bond donors (Lipinski definition) is 1. The maximum Gasteiger partial charge on any atom is 0.341 e. The zero-order valence-corrected chi connectivity index (χ0v) is 12.2. The molecule has 0 aliphatic heterocycles. The van der Waals surface area contributed by atoms with Crippen LogP contribution in [-0.4, -0.2) is 45.4 Å². The van der Waals surface area contributed by atoms with Gasteiger partial charge >= 0.3 is 5.97 Å². The number of esters is 1. The molecule has 0 aromatic carbocycles. The number of aryl methyl sites for hydroxylation is 1. The lowest BCUT2D eigenvalue weighted by atomic mass is 10.3. The second-order valence-corrected chi connectivity index (χ2v) is 6.06. The van der Waals surface area contributed by atoms with Crippen molar-refractivity contribution in [2.45, 2.75) is 25.0 Å². The van der Waals surface area contributed by atoms with Gasteiger partial charge in [0.25, 0.3) is 10.0 Å². The molecule has 108 valence electrons. The molecule has 2 N–H and O–H groups in total. The summed E-state index contributed by atoms with van der Waals surface area (Å²) in [6, 6.07) is 0.785. The van der Waals surface area contributed by atoms with Crippen LogP contribution < -0.4 is 5.73 Å². The molecule has 1 heterocycles. The Morgan fingerprint density at radius 2 is 2.16 bits per heavy atom. The number of hydrogen-bond acceptors (Lipinski definition) is 6. The molecule has 1 unspecified atom stereocenters. The lowest BCUT2D eigenvalue weighted by Crippen LogP contribution is -2.39. The van der Waals surface area contributed by atoms with E-state index < -0.39 is 16.0 Å². The highest BCUT2D eigenvalue weighted by atomic mass is 32.2. The minimum absolute atomic E-state index is 0.0925. The topological polar surface area (TPSA) is 103 Å². The van der Waals surface area contributed by atoms with Gasteiger partial charge in [-0.2, -0.15) is 4.31 Å². The van der Waals surface area contributed by atoms with Gasteiger partial charge in [-0.05, 0) is 13.8 Å². The van der Waals surface area contributed by atoms with Gasteiger partial charge < -0.3 is 14.9 Å². The first-order chi connectivity index (χ1) is 8.75. The lowest BCUT2D eigenvalue weighted by Gasteiger charge is -2.21. The number of rotatable bonds is 5. The molecule has 1 atom stereocenters. The Kier molecular flexibility index (Phi) is 4.72. The van der Waals surface area contributed by atoms with Gasteiger partial charge in [-0.25, -0.2) is 13.2 Å². The molecule has 1 aromatic heterocycles. The van der Waals surface area contributed by atoms with Crippen LogP contribution >= 0.6 is 0 Å². The summed E-state index contributed by atoms with van der Waals surface area (Å²) in [6.45, 7) is 3.35. The Hall–Kier alpha value is -1.38. The highest BCUT2D eigenvalue weighted by molar-refractivity contribution is 7.89. The Bertz CT molecular complexity index is 564. The van der Waals surface area contributed by atoms with Crippen molar-refractivity contribution in [3.05, 3.63) is 17.4 Å². The van der Waals surface area contributed by atoms with Gasteiger partial charge in [0.05, 0.1) is 7.11 Å². The summed E-state index contributed by atoms with van der Waals surface area (Å²) in [5.41, 5.74) is 5.53. The van der Waals surface area contributed by atoms with E-state index in [0.29, 0.717) is 0 Å². The highest BCUT2D eigenvalue weighted by Gasteiger charge is 2.30. The Labute approximate surface area is 112 Å². The van der Waals surface area contributed by atoms with E-state index in [1.165, 1.54) is 21.1 Å². The molecule has 1 aromatic rings. The number of methoxy groups -OCH3 is 1. The molecule has 0 saturated heterocycles. The van der Waals surface area contributed by atoms with Gasteiger partial charge in [-0.15, -0.1) is 0 Å². The quantitative estimate of drug-likeness (QED) is 0.784. The summed E-state index contributed by atoms with van der Waals surface area (Å²) >= 11 is 0. The third-order valence-corrected chi connectivity index (χ3v) is 4.72. The van der Waals surface area contributed by atoms with Gasteiger partial charge in [0.1, 0.15) is 11.3 Å². The smallest absolute Gasteiger partial charge is 0.341 e. The van der Waals surface area contributed by atoms with Crippen molar-refractivity contribution in [3.63, 3.8) is 0 Å². The number of sulfonamides is 1. The Balaban J connectivity index is 3.20. The Morgan fingerprint density at radius 1 is 1.58 bits per heavy atom. The van der Waals surface area contributed by atoms with E-state index >= 15 is 0 Å². The Morgan fingerprint density at radius 3 is 2.63 bits per heavy atom. The molecule has 8 heteroatoms. The van der Waals surface area contributed by atoms with Crippen molar-refractivity contribution in [2.75, 3.05) is 20.7 Å². The summed E-state index contributed by atoms with van der Waals surface area (Å²) in [5.74, 6) is -0.448. The van der Waals surface area contributed by atoms with Crippen LogP contribution in [-0.2, 0) is 14.8 Å². The SMILES string of the molecule is COC(=O)c1cc(S(=O)(=O)N(C)C(C)CN)oc1C. The molecular weight excluding hydrogens is 272 g/mol. The number of furan rings is 1. The third kappa shape index (κ3) is 2.96. The van der Waals surface area contributed by atoms with Crippen molar-refractivity contribution >= 4 is 16.0 Å². The van der Waals surface area contributed by atoms with Crippen molar-refractivity contribution in [2.24, 2.45) is 5.73 Å². The van der Waals surface area contributed by atoms with E-state index in [4.69, 9.17) is 10.2 Å². The standard InChI is InChI=1S/C11H18N2O5S/c1-7(6-12)13(3)19(15,16)10-5-9(8(2)18-10)11(14)17-4/h5,7H,6,12H2,1-4H3. The number of carbonyl (C=O) groups excluding carboxylic acids is 1. The fraction of sp³-hybridized carbons (Fsp3) is 0.545. The van der Waals surface area contributed by atoms with Crippen LogP contribution in [0.1, 0.15) is 23.0 Å². The maximum absolute atomic E-state index is 12.2. The van der Waals surface area contributed by atoms with E-state index in [1.807, 2.05) is 0 Å². The first-order valence-corrected chi connectivity index (χ1v) is 7.06. The molecule has 0 fully saturated rings. The molecule has 0 amide bonds. The van der Waals surface area contributed by atoms with Crippen LogP contribution in [0.3, 0.4) is 0 Å². The molecule has 0 saturated carbocycles. The van der Waals surface area contributed by atoms with E-state index in [9.17, 15) is 13.2 Å². The summed E-state index contributed by atoms with van der Waals surface area (Å²) in [4.78, 5) is 11.4. The normalized spacial score (nSPS) is 13.6. The summed E-state index contributed by atoms with van der Waals surface area (Å²) in [5, 5.41) is -0.298. The summed E-state index contributed by atoms with van der Waals surface area (Å²) in [7, 11) is -1.20. The van der Waals surface area contributed by atoms with Gasteiger partial charge in [-0.1, -0.05) is 0 Å². The minimum Gasteiger partial charge on any atom is -0.465 e. The van der Waals surface area contributed by atoms with Crippen molar-refractivity contribution < 1.29 is 22.4 Å². The number of nitrogens with zero attached hydrogens (tertiary/aromatic N) is 1. The lowest BCUT2D eigenvalue weighted by molar-refractivity contribution is 0.0599. The van der Waals surface area contributed by atoms with Crippen LogP contribution in [0.4, 0.5) is 0 Å². The van der Waals surface area contributed by atoms with Crippen LogP contribution in [0, 0.1) is 6.92 Å². The second kappa shape index (κ2) is 5.72. The molecule has 0 bridgehead atoms. The van der Waals surface area contributed by atoms with Crippen LogP contribution in [0.25, 0.3) is 0 Å². The first-order valence-electron chi connectivity index (χ1n) is 5.62. The van der Waals surface area contributed by atoms with Crippen LogP contribution in [0.15, 0.2) is 15.6 Å². The van der Waals surface area contributed by atoms with Crippen LogP contribution in [0.2, 0.25) is 0 Å². The van der Waals surface area contributed by atoms with Gasteiger partial charge in [0.2, 0.25) is 5.09 Å². The number of likely N-dealkylation sites (N-methyl/N-ethyl adjacent to an activating group) is 1. The van der Waals surface area contributed by atoms with E-state index in [-0.39, 0.29) is 29.0 Å². The van der Waals surface area contributed by atoms with E-state index in [0.717, 1.165) is 10.4 Å². The average molecular weight is 290 g/mol. The monoisotopic (exact) mass is 290 g/mol. The van der Waals surface area contributed by atoms with Crippen molar-refractivity contribution in [3.8, 4) is 0 Å². The number of carbonyl (C=O) groups is 1. The first kappa shape index (κ1) is 15.7. The molecule has 0 spiro atoms. The van der Waals surface area contributed by atoms with E-state index in [1.54, 1.807) is 6.92 Å². The predicted molar refractivity (Wildman–Crippen MR) is 68.2 cm³/mol. The molecule has 0 aliphatic rings. The molecule has 0 radical (unpaired) electrons. The summed E-state index contributed by atoms with van der Waals surface area (Å²) in [6.07, 6.45) is 0. The summed E-state index contributed by atoms with van der Waals surface area (Å²) < 4.78 is 35.3. The number of ether oxygens (including phenoxy) is 1. The highest BCUT2D eigenvalue weighted by Crippen LogP contribution is 2.23. The molecule has 0 aliphatic carbocycles. The van der Waals surface area contributed by atoms with Crippen LogP contribution in [0.5, 0.6) is 0 Å². The van der Waals surface area contributed by atoms with Crippen molar-refractivity contribution in [1.29, 1.82) is 0 Å². The molecule has 1 rings (SSSR count). The molecule has 7 nitrogen and oxygen atoms in total. The largest absolute Gasteiger partial charge is 0.465 e. The molecular formula is C11H18N2O5S. The van der Waals surface area contributed by atoms with Gasteiger partial charge in [-0.3, -0.25) is 0 Å². The maximum atomic E-state index is 12.2. The van der Waals surface area contributed by atoms with Gasteiger partial charge in [0.15, 0.2) is 0 Å². The predicted octanol–water partition coefficient (Wildman–Crippen LogP) is 0.342. The zero-order chi connectivity index (χ0) is 14.8. The minimum atomic E-state index is -3.81. The number of nitrogens with two attached hydrogens (primary N) is 1. The molecule has 19 heavy (non-hydrogen) atoms. The van der Waals surface area contributed by atoms with E-state index in [2.05, 4.69) is 4.74 Å². The average Bonchev–Trinajstić information content (AvgIpc) is 2.78. The zero-order valence-electron chi connectivity index (χ0n) is 11.3. The second-order valence-electron chi connectivity index (χ2n) is 4.13. The third-order valence-electron chi connectivity index (χ3n) is 2.90. The fourth-order valence-electron chi connectivity index (χ4n) is 1.42. The van der Waals surface area contributed by atoms with Gasteiger partial charge in [0, 0.05) is 25.7 Å². The fourth-order valence-corrected chi connectivity index (χ4v) is 2.76.